The van der Waals surface area contributed by atoms with E-state index in [1.165, 1.54) is 5.56 Å². The van der Waals surface area contributed by atoms with Gasteiger partial charge >= 0.3 is 24.3 Å². The second kappa shape index (κ2) is 13.8. The van der Waals surface area contributed by atoms with Crippen LogP contribution in [0.15, 0.2) is 29.5 Å². The van der Waals surface area contributed by atoms with Crippen LogP contribution in [-0.2, 0) is 25.6 Å². The van der Waals surface area contributed by atoms with E-state index in [-0.39, 0.29) is 5.60 Å². The number of ether oxygens (including phenoxy) is 2. The Hall–Kier alpha value is -2.20. The maximum Gasteiger partial charge on any atom is 0.490 e. The van der Waals surface area contributed by atoms with Gasteiger partial charge in [0.05, 0.1) is 19.8 Å². The molecule has 200 valence electrons. The summed E-state index contributed by atoms with van der Waals surface area (Å²) in [6, 6.07) is 2.21. The average Bonchev–Trinajstić information content (AvgIpc) is 3.16. The maximum absolute atomic E-state index is 10.6. The van der Waals surface area contributed by atoms with Crippen molar-refractivity contribution in [2.75, 3.05) is 52.5 Å². The SMILES string of the molecule is C=CCN1CCOCC2(C1)CN(Cc1ccsc1)CCO2.O=C(O)C(F)(F)F.O=C(O)C(F)(F)F. The molecule has 15 heteroatoms. The molecule has 1 spiro atoms. The Morgan fingerprint density at radius 1 is 1.06 bits per heavy atom. The van der Waals surface area contributed by atoms with E-state index in [0.717, 1.165) is 52.5 Å². The lowest BCUT2D eigenvalue weighted by Crippen LogP contribution is -2.58. The zero-order valence-electron chi connectivity index (χ0n) is 18.5. The molecule has 2 aliphatic heterocycles. The van der Waals surface area contributed by atoms with E-state index in [2.05, 4.69) is 33.2 Å². The summed E-state index contributed by atoms with van der Waals surface area (Å²) in [5, 5.41) is 18.6. The van der Waals surface area contributed by atoms with Gasteiger partial charge in [0.25, 0.3) is 0 Å². The molecule has 8 nitrogen and oxygen atoms in total. The van der Waals surface area contributed by atoms with Crippen molar-refractivity contribution in [3.63, 3.8) is 0 Å². The van der Waals surface area contributed by atoms with Crippen molar-refractivity contribution in [3.8, 4) is 0 Å². The Bertz CT molecular complexity index is 781. The molecule has 1 aromatic heterocycles. The standard InChI is InChI=1S/C16H24N2O2S.2C2HF3O2/c1-2-4-17-5-7-19-14-16(12-17)13-18(6-8-20-16)10-15-3-9-21-11-15;2*3-2(4,5)1(6)7/h2-3,9,11H,1,4-8,10,12-14H2;2*(H,6,7). The van der Waals surface area contributed by atoms with Gasteiger partial charge < -0.3 is 19.7 Å². The number of carboxylic acid groups (broad SMARTS) is 2. The van der Waals surface area contributed by atoms with Crippen LogP contribution in [0.4, 0.5) is 26.3 Å². The minimum absolute atomic E-state index is 0.187. The summed E-state index contributed by atoms with van der Waals surface area (Å²) in [4.78, 5) is 22.7. The summed E-state index contributed by atoms with van der Waals surface area (Å²) in [5.74, 6) is -5.51. The zero-order valence-corrected chi connectivity index (χ0v) is 19.3. The molecule has 0 radical (unpaired) electrons. The molecule has 1 unspecified atom stereocenters. The first-order chi connectivity index (χ1) is 16.2. The largest absolute Gasteiger partial charge is 0.490 e. The van der Waals surface area contributed by atoms with Gasteiger partial charge in [-0.25, -0.2) is 9.59 Å². The number of hydrogen-bond acceptors (Lipinski definition) is 7. The van der Waals surface area contributed by atoms with Crippen LogP contribution in [0.25, 0.3) is 0 Å². The first-order valence-corrected chi connectivity index (χ1v) is 11.0. The van der Waals surface area contributed by atoms with Gasteiger partial charge in [0.2, 0.25) is 0 Å². The molecule has 0 saturated carbocycles. The van der Waals surface area contributed by atoms with E-state index in [4.69, 9.17) is 29.3 Å². The molecule has 0 aliphatic carbocycles. The number of carbonyl (C=O) groups is 2. The molecule has 1 atom stereocenters. The normalized spacial score (nSPS) is 21.7. The number of alkyl halides is 6. The highest BCUT2D eigenvalue weighted by molar-refractivity contribution is 7.07. The number of morpholine rings is 1. The van der Waals surface area contributed by atoms with Gasteiger partial charge in [0.1, 0.15) is 5.60 Å². The van der Waals surface area contributed by atoms with E-state index in [1.54, 1.807) is 11.3 Å². The Morgan fingerprint density at radius 3 is 2.09 bits per heavy atom. The third-order valence-electron chi connectivity index (χ3n) is 4.61. The molecule has 35 heavy (non-hydrogen) atoms. The Morgan fingerprint density at radius 2 is 1.60 bits per heavy atom. The Balaban J connectivity index is 0.000000362. The maximum atomic E-state index is 10.6. The molecule has 0 bridgehead atoms. The second-order valence-electron chi connectivity index (χ2n) is 7.56. The second-order valence-corrected chi connectivity index (χ2v) is 8.34. The predicted molar refractivity (Wildman–Crippen MR) is 113 cm³/mol. The smallest absolute Gasteiger partial charge is 0.475 e. The fourth-order valence-electron chi connectivity index (χ4n) is 3.20. The Labute approximate surface area is 201 Å². The van der Waals surface area contributed by atoms with Crippen LogP contribution < -0.4 is 0 Å². The number of halogens is 6. The molecule has 3 rings (SSSR count). The first-order valence-electron chi connectivity index (χ1n) is 10.1. The molecular weight excluding hydrogens is 510 g/mol. The van der Waals surface area contributed by atoms with Gasteiger partial charge in [-0.1, -0.05) is 6.08 Å². The summed E-state index contributed by atoms with van der Waals surface area (Å²) in [7, 11) is 0. The third-order valence-corrected chi connectivity index (χ3v) is 5.35. The van der Waals surface area contributed by atoms with Gasteiger partial charge in [0.15, 0.2) is 0 Å². The fraction of sp³-hybridized carbons (Fsp3) is 0.600. The minimum Gasteiger partial charge on any atom is -0.475 e. The van der Waals surface area contributed by atoms with Crippen LogP contribution in [0, 0.1) is 0 Å². The van der Waals surface area contributed by atoms with Crippen molar-refractivity contribution in [2.24, 2.45) is 0 Å². The van der Waals surface area contributed by atoms with Gasteiger partial charge in [-0.15, -0.1) is 6.58 Å². The first kappa shape index (κ1) is 30.8. The summed E-state index contributed by atoms with van der Waals surface area (Å²) >= 11 is 1.76. The van der Waals surface area contributed by atoms with E-state index < -0.39 is 24.3 Å². The van der Waals surface area contributed by atoms with E-state index in [0.29, 0.717) is 6.61 Å². The molecule has 1 aromatic rings. The van der Waals surface area contributed by atoms with Crippen LogP contribution in [0.5, 0.6) is 0 Å². The number of nitrogens with zero attached hydrogens (tertiary/aromatic N) is 2. The molecule has 2 N–H and O–H groups in total. The number of aliphatic carboxylic acids is 2. The quantitative estimate of drug-likeness (QED) is 0.448. The van der Waals surface area contributed by atoms with Crippen molar-refractivity contribution >= 4 is 23.3 Å². The molecule has 2 saturated heterocycles. The number of rotatable bonds is 4. The third kappa shape index (κ3) is 11.9. The Kier molecular flexibility index (Phi) is 12.1. The van der Waals surface area contributed by atoms with E-state index >= 15 is 0 Å². The minimum atomic E-state index is -5.08. The highest BCUT2D eigenvalue weighted by Crippen LogP contribution is 2.24. The van der Waals surface area contributed by atoms with Crippen LogP contribution in [0.3, 0.4) is 0 Å². The van der Waals surface area contributed by atoms with E-state index in [1.807, 2.05) is 6.08 Å². The summed E-state index contributed by atoms with van der Waals surface area (Å²) in [6.45, 7) is 11.9. The lowest BCUT2D eigenvalue weighted by atomic mass is 10.0. The molecule has 0 aromatic carbocycles. The van der Waals surface area contributed by atoms with E-state index in [9.17, 15) is 26.3 Å². The highest BCUT2D eigenvalue weighted by atomic mass is 32.1. The number of carboxylic acids is 2. The zero-order chi connectivity index (χ0) is 26.7. The molecule has 3 heterocycles. The van der Waals surface area contributed by atoms with Gasteiger partial charge in [-0.3, -0.25) is 9.80 Å². The highest BCUT2D eigenvalue weighted by Gasteiger charge is 2.40. The van der Waals surface area contributed by atoms with Crippen LogP contribution in [-0.4, -0.2) is 102 Å². The fourth-order valence-corrected chi connectivity index (χ4v) is 3.86. The summed E-state index contributed by atoms with van der Waals surface area (Å²) in [5.41, 5.74) is 1.21. The van der Waals surface area contributed by atoms with Crippen molar-refractivity contribution in [1.82, 2.24) is 9.80 Å². The van der Waals surface area contributed by atoms with Gasteiger partial charge in [-0.2, -0.15) is 37.7 Å². The van der Waals surface area contributed by atoms with Crippen molar-refractivity contribution in [3.05, 3.63) is 35.0 Å². The molecule has 2 aliphatic rings. The van der Waals surface area contributed by atoms with Crippen molar-refractivity contribution < 1.29 is 55.6 Å². The molecular formula is C20H26F6N2O6S. The predicted octanol–water partition coefficient (Wildman–Crippen LogP) is 3.10. The lowest BCUT2D eigenvalue weighted by Gasteiger charge is -2.43. The van der Waals surface area contributed by atoms with Gasteiger partial charge in [-0.05, 0) is 22.4 Å². The lowest BCUT2D eigenvalue weighted by molar-refractivity contribution is -0.193. The average molecular weight is 536 g/mol. The molecule has 0 amide bonds. The van der Waals surface area contributed by atoms with Crippen LogP contribution in [0.2, 0.25) is 0 Å². The van der Waals surface area contributed by atoms with Crippen LogP contribution >= 0.6 is 11.3 Å². The van der Waals surface area contributed by atoms with Crippen LogP contribution in [0.1, 0.15) is 5.56 Å². The summed E-state index contributed by atoms with van der Waals surface area (Å²) < 4.78 is 75.5. The topological polar surface area (TPSA) is 99.5 Å². The molecule has 2 fully saturated rings. The van der Waals surface area contributed by atoms with Gasteiger partial charge in [0, 0.05) is 39.3 Å². The van der Waals surface area contributed by atoms with Crippen molar-refractivity contribution in [1.29, 1.82) is 0 Å². The summed E-state index contributed by atoms with van der Waals surface area (Å²) in [6.07, 6.45) is -8.20. The number of hydrogen-bond donors (Lipinski definition) is 2. The van der Waals surface area contributed by atoms with Crippen molar-refractivity contribution in [2.45, 2.75) is 24.5 Å². The monoisotopic (exact) mass is 536 g/mol. The number of thiophene rings is 1.